The summed E-state index contributed by atoms with van der Waals surface area (Å²) in [5.74, 6) is 0.122. The van der Waals surface area contributed by atoms with E-state index >= 15 is 0 Å². The van der Waals surface area contributed by atoms with Gasteiger partial charge in [-0.25, -0.2) is 4.79 Å². The van der Waals surface area contributed by atoms with Gasteiger partial charge in [-0.1, -0.05) is 31.4 Å². The lowest BCUT2D eigenvalue weighted by molar-refractivity contribution is -0.131. The molecule has 6 nitrogen and oxygen atoms in total. The van der Waals surface area contributed by atoms with Crippen LogP contribution in [0.1, 0.15) is 44.1 Å². The van der Waals surface area contributed by atoms with Crippen LogP contribution in [-0.4, -0.2) is 55.6 Å². The molecule has 2 aliphatic rings. The van der Waals surface area contributed by atoms with Gasteiger partial charge >= 0.3 is 6.03 Å². The zero-order chi connectivity index (χ0) is 19.1. The Morgan fingerprint density at radius 2 is 1.81 bits per heavy atom. The first-order valence-corrected chi connectivity index (χ1v) is 10.3. The number of rotatable bonds is 5. The third kappa shape index (κ3) is 5.88. The summed E-state index contributed by atoms with van der Waals surface area (Å²) in [6.07, 6.45) is 6.15. The second kappa shape index (κ2) is 9.62. The van der Waals surface area contributed by atoms with Crippen molar-refractivity contribution in [3.05, 3.63) is 29.8 Å². The summed E-state index contributed by atoms with van der Waals surface area (Å²) in [6, 6.07) is 8.64. The molecule has 3 amide bonds. The smallest absolute Gasteiger partial charge is 0.315 e. The first-order chi connectivity index (χ1) is 13.1. The Morgan fingerprint density at radius 3 is 2.52 bits per heavy atom. The summed E-state index contributed by atoms with van der Waals surface area (Å²) < 4.78 is 0. The number of hydrogen-bond donors (Lipinski definition) is 2. The van der Waals surface area contributed by atoms with Crippen LogP contribution in [0.2, 0.25) is 0 Å². The zero-order valence-corrected chi connectivity index (χ0v) is 16.4. The maximum Gasteiger partial charge on any atom is 0.315 e. The van der Waals surface area contributed by atoms with Crippen molar-refractivity contribution in [3.63, 3.8) is 0 Å². The minimum absolute atomic E-state index is 0.122. The standard InChI is InChI=1S/C21H32N4O2/c1-17-6-5-9-19(16-17)24-12-14-25(15-13-24)20(26)10-11-22-21(27)23-18-7-3-2-4-8-18/h5-6,9,16,18H,2-4,7-8,10-15H2,1H3,(H2,22,23,27). The molecular formula is C21H32N4O2. The number of nitrogens with one attached hydrogen (secondary N) is 2. The van der Waals surface area contributed by atoms with Crippen LogP contribution < -0.4 is 15.5 Å². The second-order valence-electron chi connectivity index (χ2n) is 7.69. The summed E-state index contributed by atoms with van der Waals surface area (Å²) in [5, 5.41) is 5.85. The van der Waals surface area contributed by atoms with Crippen LogP contribution in [-0.2, 0) is 4.79 Å². The molecule has 0 bridgehead atoms. The van der Waals surface area contributed by atoms with E-state index in [2.05, 4.69) is 46.7 Å². The Bertz CT molecular complexity index is 635. The molecule has 2 fully saturated rings. The van der Waals surface area contributed by atoms with E-state index in [1.165, 1.54) is 30.5 Å². The molecule has 1 heterocycles. The van der Waals surface area contributed by atoms with E-state index in [0.29, 0.717) is 19.0 Å². The largest absolute Gasteiger partial charge is 0.368 e. The Kier molecular flexibility index (Phi) is 6.96. The first kappa shape index (κ1) is 19.5. The van der Waals surface area contributed by atoms with E-state index in [1.807, 2.05) is 4.90 Å². The van der Waals surface area contributed by atoms with Gasteiger partial charge in [0.1, 0.15) is 0 Å². The number of hydrogen-bond acceptors (Lipinski definition) is 3. The zero-order valence-electron chi connectivity index (χ0n) is 16.4. The Hall–Kier alpha value is -2.24. The SMILES string of the molecule is Cc1cccc(N2CCN(C(=O)CCNC(=O)NC3CCCCC3)CC2)c1. The lowest BCUT2D eigenvalue weighted by Crippen LogP contribution is -2.49. The molecule has 3 rings (SSSR count). The van der Waals surface area contributed by atoms with Gasteiger partial charge in [-0.05, 0) is 37.5 Å². The van der Waals surface area contributed by atoms with Gasteiger partial charge in [-0.15, -0.1) is 0 Å². The highest BCUT2D eigenvalue weighted by Crippen LogP contribution is 2.18. The number of benzene rings is 1. The molecule has 1 aromatic rings. The number of carbonyl (C=O) groups is 2. The van der Waals surface area contributed by atoms with Crippen LogP contribution in [0.15, 0.2) is 24.3 Å². The molecule has 1 aliphatic carbocycles. The lowest BCUT2D eigenvalue weighted by atomic mass is 9.96. The maximum absolute atomic E-state index is 12.4. The maximum atomic E-state index is 12.4. The molecule has 1 aromatic carbocycles. The number of urea groups is 1. The molecule has 0 radical (unpaired) electrons. The number of piperazine rings is 1. The van der Waals surface area contributed by atoms with Gasteiger partial charge in [0.05, 0.1) is 0 Å². The Balaban J connectivity index is 1.34. The second-order valence-corrected chi connectivity index (χ2v) is 7.69. The van der Waals surface area contributed by atoms with Gasteiger partial charge in [0.2, 0.25) is 5.91 Å². The van der Waals surface area contributed by atoms with Crippen molar-refractivity contribution in [1.82, 2.24) is 15.5 Å². The summed E-state index contributed by atoms with van der Waals surface area (Å²) in [6.45, 7) is 5.67. The molecule has 27 heavy (non-hydrogen) atoms. The number of aryl methyl sites for hydroxylation is 1. The molecule has 1 aliphatic heterocycles. The summed E-state index contributed by atoms with van der Waals surface area (Å²) in [5.41, 5.74) is 2.48. The van der Waals surface area contributed by atoms with E-state index in [1.54, 1.807) is 0 Å². The minimum Gasteiger partial charge on any atom is -0.368 e. The molecule has 0 aromatic heterocycles. The van der Waals surface area contributed by atoms with Gasteiger partial charge in [0, 0.05) is 50.9 Å². The highest BCUT2D eigenvalue weighted by Gasteiger charge is 2.21. The summed E-state index contributed by atoms with van der Waals surface area (Å²) >= 11 is 0. The number of carbonyl (C=O) groups excluding carboxylic acids is 2. The van der Waals surface area contributed by atoms with Crippen LogP contribution in [0.5, 0.6) is 0 Å². The lowest BCUT2D eigenvalue weighted by Gasteiger charge is -2.36. The van der Waals surface area contributed by atoms with Gasteiger partial charge < -0.3 is 20.4 Å². The molecule has 0 unspecified atom stereocenters. The van der Waals surface area contributed by atoms with Gasteiger partial charge in [0.25, 0.3) is 0 Å². The number of anilines is 1. The van der Waals surface area contributed by atoms with Crippen molar-refractivity contribution in [2.24, 2.45) is 0 Å². The number of nitrogens with zero attached hydrogens (tertiary/aromatic N) is 2. The van der Waals surface area contributed by atoms with Crippen molar-refractivity contribution in [2.45, 2.75) is 51.5 Å². The van der Waals surface area contributed by atoms with Crippen molar-refractivity contribution < 1.29 is 9.59 Å². The molecule has 0 atom stereocenters. The average molecular weight is 373 g/mol. The first-order valence-electron chi connectivity index (χ1n) is 10.3. The Labute approximate surface area is 162 Å². The van der Waals surface area contributed by atoms with Crippen LogP contribution in [0, 0.1) is 6.92 Å². The third-order valence-corrected chi connectivity index (χ3v) is 5.56. The molecule has 2 N–H and O–H groups in total. The van der Waals surface area contributed by atoms with Crippen molar-refractivity contribution in [3.8, 4) is 0 Å². The summed E-state index contributed by atoms with van der Waals surface area (Å²) in [4.78, 5) is 28.6. The topological polar surface area (TPSA) is 64.7 Å². The van der Waals surface area contributed by atoms with Crippen LogP contribution >= 0.6 is 0 Å². The van der Waals surface area contributed by atoms with Gasteiger partial charge in [0.15, 0.2) is 0 Å². The highest BCUT2D eigenvalue weighted by atomic mass is 16.2. The normalized spacial score (nSPS) is 18.3. The van der Waals surface area contributed by atoms with E-state index in [9.17, 15) is 9.59 Å². The van der Waals surface area contributed by atoms with Gasteiger partial charge in [-0.2, -0.15) is 0 Å². The van der Waals surface area contributed by atoms with E-state index < -0.39 is 0 Å². The van der Waals surface area contributed by atoms with Crippen molar-refractivity contribution in [1.29, 1.82) is 0 Å². The van der Waals surface area contributed by atoms with Crippen molar-refractivity contribution in [2.75, 3.05) is 37.6 Å². The number of amides is 3. The monoisotopic (exact) mass is 372 g/mol. The fourth-order valence-electron chi connectivity index (χ4n) is 3.96. The van der Waals surface area contributed by atoms with Crippen LogP contribution in [0.4, 0.5) is 10.5 Å². The van der Waals surface area contributed by atoms with E-state index in [0.717, 1.165) is 39.0 Å². The summed E-state index contributed by atoms with van der Waals surface area (Å²) in [7, 11) is 0. The molecule has 0 spiro atoms. The minimum atomic E-state index is -0.140. The third-order valence-electron chi connectivity index (χ3n) is 5.56. The molecular weight excluding hydrogens is 340 g/mol. The fourth-order valence-corrected chi connectivity index (χ4v) is 3.96. The van der Waals surface area contributed by atoms with E-state index in [4.69, 9.17) is 0 Å². The predicted molar refractivity (Wildman–Crippen MR) is 108 cm³/mol. The van der Waals surface area contributed by atoms with Crippen LogP contribution in [0.3, 0.4) is 0 Å². The molecule has 1 saturated carbocycles. The van der Waals surface area contributed by atoms with Crippen molar-refractivity contribution >= 4 is 17.6 Å². The quantitative estimate of drug-likeness (QED) is 0.835. The van der Waals surface area contributed by atoms with Gasteiger partial charge in [-0.3, -0.25) is 4.79 Å². The Morgan fingerprint density at radius 1 is 1.07 bits per heavy atom. The molecule has 148 valence electrons. The van der Waals surface area contributed by atoms with E-state index in [-0.39, 0.29) is 11.9 Å². The highest BCUT2D eigenvalue weighted by molar-refractivity contribution is 5.78. The average Bonchev–Trinajstić information content (AvgIpc) is 2.69. The molecule has 6 heteroatoms. The fraction of sp³-hybridized carbons (Fsp3) is 0.619. The van der Waals surface area contributed by atoms with Crippen LogP contribution in [0.25, 0.3) is 0 Å². The molecule has 1 saturated heterocycles. The predicted octanol–water partition coefficient (Wildman–Crippen LogP) is 2.67.